The predicted octanol–water partition coefficient (Wildman–Crippen LogP) is 2.59. The number of sulfonamides is 1. The van der Waals surface area contributed by atoms with E-state index in [1.807, 2.05) is 26.1 Å². The molecular formula is C25H33N3O4S. The molecule has 1 aliphatic heterocycles. The van der Waals surface area contributed by atoms with Crippen LogP contribution in [0, 0.1) is 17.8 Å². The summed E-state index contributed by atoms with van der Waals surface area (Å²) in [6.07, 6.45) is 4.16. The van der Waals surface area contributed by atoms with Gasteiger partial charge < -0.3 is 14.7 Å². The highest BCUT2D eigenvalue weighted by atomic mass is 32.2. The van der Waals surface area contributed by atoms with Crippen molar-refractivity contribution in [2.75, 3.05) is 33.3 Å². The van der Waals surface area contributed by atoms with Crippen molar-refractivity contribution in [2.24, 2.45) is 5.92 Å². The Kier molecular flexibility index (Phi) is 8.49. The molecule has 0 amide bonds. The summed E-state index contributed by atoms with van der Waals surface area (Å²) in [5.74, 6) is 6.35. The van der Waals surface area contributed by atoms with Gasteiger partial charge in [0.1, 0.15) is 16.7 Å². The zero-order valence-electron chi connectivity index (χ0n) is 19.7. The van der Waals surface area contributed by atoms with Crippen LogP contribution >= 0.6 is 0 Å². The largest absolute Gasteiger partial charge is 0.487 e. The molecule has 0 aliphatic carbocycles. The summed E-state index contributed by atoms with van der Waals surface area (Å²) in [7, 11) is -1.81. The molecular weight excluding hydrogens is 438 g/mol. The molecule has 2 heterocycles. The molecule has 7 nitrogen and oxygen atoms in total. The van der Waals surface area contributed by atoms with Gasteiger partial charge in [-0.15, -0.1) is 0 Å². The Bertz CT molecular complexity index is 1100. The van der Waals surface area contributed by atoms with Crippen LogP contribution in [0.1, 0.15) is 38.3 Å². The molecule has 0 unspecified atom stereocenters. The van der Waals surface area contributed by atoms with Crippen molar-refractivity contribution in [2.45, 2.75) is 44.2 Å². The van der Waals surface area contributed by atoms with E-state index < -0.39 is 16.1 Å². The van der Waals surface area contributed by atoms with Crippen molar-refractivity contribution in [3.05, 3.63) is 53.9 Å². The topological polar surface area (TPSA) is 83.0 Å². The second-order valence-corrected chi connectivity index (χ2v) is 10.5. The van der Waals surface area contributed by atoms with Crippen molar-refractivity contribution in [3.8, 4) is 17.6 Å². The standard InChI is InChI=1S/C25H33N3O4S/c1-5-13-27(4)17-24-19(2)16-28(20(3)18-29)33(30,31)25-11-10-21(14-23(25)32-24)8-9-22-7-6-12-26-15-22/h6-7,10-12,14-15,19-20,24,29H,5,13,16-18H2,1-4H3/t19-,20+,24+/m0/s1. The average Bonchev–Trinajstić information content (AvgIpc) is 2.80. The minimum Gasteiger partial charge on any atom is -0.487 e. The minimum absolute atomic E-state index is 0.0774. The summed E-state index contributed by atoms with van der Waals surface area (Å²) in [4.78, 5) is 6.36. The third kappa shape index (κ3) is 6.12. The number of likely N-dealkylation sites (N-methyl/N-ethyl adjacent to an activating group) is 1. The molecule has 1 aliphatic rings. The molecule has 0 fully saturated rings. The molecule has 3 rings (SSSR count). The molecule has 8 heteroatoms. The van der Waals surface area contributed by atoms with Crippen LogP contribution in [-0.4, -0.2) is 73.1 Å². The Morgan fingerprint density at radius 3 is 2.73 bits per heavy atom. The van der Waals surface area contributed by atoms with Gasteiger partial charge in [-0.05, 0) is 57.3 Å². The first-order valence-corrected chi connectivity index (χ1v) is 12.7. The lowest BCUT2D eigenvalue weighted by atomic mass is 10.0. The highest BCUT2D eigenvalue weighted by molar-refractivity contribution is 7.89. The van der Waals surface area contributed by atoms with E-state index in [1.54, 1.807) is 37.5 Å². The molecule has 0 spiro atoms. The summed E-state index contributed by atoms with van der Waals surface area (Å²) in [5.41, 5.74) is 1.43. The second kappa shape index (κ2) is 11.1. The number of aliphatic hydroxyl groups is 1. The van der Waals surface area contributed by atoms with Crippen LogP contribution < -0.4 is 4.74 Å². The number of pyridine rings is 1. The summed E-state index contributed by atoms with van der Waals surface area (Å²) in [6, 6.07) is 8.08. The van der Waals surface area contributed by atoms with Crippen LogP contribution in [0.15, 0.2) is 47.6 Å². The van der Waals surface area contributed by atoms with E-state index >= 15 is 0 Å². The molecule has 3 atom stereocenters. The Morgan fingerprint density at radius 2 is 2.06 bits per heavy atom. The van der Waals surface area contributed by atoms with Gasteiger partial charge in [0.05, 0.1) is 6.61 Å². The van der Waals surface area contributed by atoms with Crippen LogP contribution in [0.25, 0.3) is 0 Å². The van der Waals surface area contributed by atoms with Crippen LogP contribution in [0.5, 0.6) is 5.75 Å². The van der Waals surface area contributed by atoms with Gasteiger partial charge in [0.15, 0.2) is 0 Å². The van der Waals surface area contributed by atoms with Crippen LogP contribution in [0.2, 0.25) is 0 Å². The van der Waals surface area contributed by atoms with Crippen molar-refractivity contribution >= 4 is 10.0 Å². The predicted molar refractivity (Wildman–Crippen MR) is 128 cm³/mol. The zero-order chi connectivity index (χ0) is 24.0. The highest BCUT2D eigenvalue weighted by Crippen LogP contribution is 2.34. The Labute approximate surface area is 197 Å². The number of aliphatic hydroxyl groups excluding tert-OH is 1. The molecule has 1 aromatic carbocycles. The van der Waals surface area contributed by atoms with E-state index in [0.29, 0.717) is 17.9 Å². The van der Waals surface area contributed by atoms with E-state index in [2.05, 4.69) is 28.6 Å². The molecule has 0 radical (unpaired) electrons. The second-order valence-electron chi connectivity index (χ2n) is 8.66. The Balaban J connectivity index is 2.05. The van der Waals surface area contributed by atoms with Crippen LogP contribution in [0.3, 0.4) is 0 Å². The lowest BCUT2D eigenvalue weighted by Gasteiger charge is -2.37. The highest BCUT2D eigenvalue weighted by Gasteiger charge is 2.38. The molecule has 0 bridgehead atoms. The smallest absolute Gasteiger partial charge is 0.247 e. The van der Waals surface area contributed by atoms with Crippen LogP contribution in [0.4, 0.5) is 0 Å². The molecule has 2 aromatic rings. The lowest BCUT2D eigenvalue weighted by molar-refractivity contribution is 0.0752. The lowest BCUT2D eigenvalue weighted by Crippen LogP contribution is -2.49. The van der Waals surface area contributed by atoms with Crippen molar-refractivity contribution in [1.29, 1.82) is 0 Å². The van der Waals surface area contributed by atoms with E-state index in [1.165, 1.54) is 4.31 Å². The average molecular weight is 472 g/mol. The number of rotatable bonds is 6. The zero-order valence-corrected chi connectivity index (χ0v) is 20.5. The van der Waals surface area contributed by atoms with Gasteiger partial charge in [-0.1, -0.05) is 25.7 Å². The van der Waals surface area contributed by atoms with Gasteiger partial charge in [0, 0.05) is 48.6 Å². The maximum absolute atomic E-state index is 13.5. The summed E-state index contributed by atoms with van der Waals surface area (Å²) >= 11 is 0. The van der Waals surface area contributed by atoms with Gasteiger partial charge in [-0.25, -0.2) is 8.42 Å². The van der Waals surface area contributed by atoms with Crippen molar-refractivity contribution in [3.63, 3.8) is 0 Å². The third-order valence-electron chi connectivity index (χ3n) is 5.78. The number of aromatic nitrogens is 1. The third-order valence-corrected chi connectivity index (χ3v) is 7.80. The number of benzene rings is 1. The Hall–Kier alpha value is -2.44. The fourth-order valence-corrected chi connectivity index (χ4v) is 5.71. The fraction of sp³-hybridized carbons (Fsp3) is 0.480. The molecule has 0 saturated carbocycles. The van der Waals surface area contributed by atoms with Gasteiger partial charge in [-0.2, -0.15) is 4.31 Å². The first-order valence-electron chi connectivity index (χ1n) is 11.3. The van der Waals surface area contributed by atoms with E-state index in [0.717, 1.165) is 18.5 Å². The summed E-state index contributed by atoms with van der Waals surface area (Å²) in [5, 5.41) is 9.75. The minimum atomic E-state index is -3.86. The van der Waals surface area contributed by atoms with Gasteiger partial charge in [0.25, 0.3) is 0 Å². The Morgan fingerprint density at radius 1 is 1.30 bits per heavy atom. The van der Waals surface area contributed by atoms with Gasteiger partial charge in [0.2, 0.25) is 10.0 Å². The quantitative estimate of drug-likeness (QED) is 0.652. The van der Waals surface area contributed by atoms with E-state index in [9.17, 15) is 13.5 Å². The first-order chi connectivity index (χ1) is 15.8. The molecule has 178 valence electrons. The van der Waals surface area contributed by atoms with Crippen LogP contribution in [-0.2, 0) is 10.0 Å². The maximum atomic E-state index is 13.5. The van der Waals surface area contributed by atoms with E-state index in [-0.39, 0.29) is 30.1 Å². The monoisotopic (exact) mass is 471 g/mol. The number of fused-ring (bicyclic) bond motifs is 1. The summed E-state index contributed by atoms with van der Waals surface area (Å²) in [6.45, 7) is 7.45. The molecule has 33 heavy (non-hydrogen) atoms. The fourth-order valence-electron chi connectivity index (χ4n) is 3.88. The molecule has 1 aromatic heterocycles. The van der Waals surface area contributed by atoms with Crippen molar-refractivity contribution in [1.82, 2.24) is 14.2 Å². The first kappa shape index (κ1) is 25.2. The summed E-state index contributed by atoms with van der Waals surface area (Å²) < 4.78 is 34.8. The molecule has 1 N–H and O–H groups in total. The number of hydrogen-bond acceptors (Lipinski definition) is 6. The molecule has 0 saturated heterocycles. The van der Waals surface area contributed by atoms with E-state index in [4.69, 9.17) is 4.74 Å². The van der Waals surface area contributed by atoms with Gasteiger partial charge >= 0.3 is 0 Å². The maximum Gasteiger partial charge on any atom is 0.247 e. The number of nitrogens with zero attached hydrogens (tertiary/aromatic N) is 3. The number of hydrogen-bond donors (Lipinski definition) is 1. The normalized spacial score (nSPS) is 21.2. The van der Waals surface area contributed by atoms with Gasteiger partial charge in [-0.3, -0.25) is 4.98 Å². The SMILES string of the molecule is CCCN(C)C[C@H]1Oc2cc(C#Cc3cccnc3)ccc2S(=O)(=O)N([C@H](C)CO)C[C@@H]1C. The van der Waals surface area contributed by atoms with Crippen molar-refractivity contribution < 1.29 is 18.3 Å². The number of ether oxygens (including phenoxy) is 1.